The fourth-order valence-corrected chi connectivity index (χ4v) is 3.16. The lowest BCUT2D eigenvalue weighted by atomic mass is 10.0. The first-order valence-corrected chi connectivity index (χ1v) is 6.76. The molecule has 0 fully saturated rings. The Morgan fingerprint density at radius 2 is 2.26 bits per heavy atom. The molecule has 0 saturated heterocycles. The van der Waals surface area contributed by atoms with Gasteiger partial charge in [-0.2, -0.15) is 18.3 Å². The lowest BCUT2D eigenvalue weighted by molar-refractivity contribution is -0.173. The van der Waals surface area contributed by atoms with E-state index >= 15 is 0 Å². The van der Waals surface area contributed by atoms with Gasteiger partial charge in [0.15, 0.2) is 6.04 Å². The number of hydrogen-bond acceptors (Lipinski definition) is 3. The van der Waals surface area contributed by atoms with Gasteiger partial charge in [-0.3, -0.25) is 0 Å². The molecule has 1 N–H and O–H groups in total. The van der Waals surface area contributed by atoms with Crippen molar-refractivity contribution in [1.82, 2.24) is 9.78 Å². The molecule has 1 aliphatic rings. The highest BCUT2D eigenvalue weighted by molar-refractivity contribution is 7.10. The van der Waals surface area contributed by atoms with Crippen LogP contribution in [0.15, 0.2) is 23.6 Å². The van der Waals surface area contributed by atoms with Gasteiger partial charge in [-0.05, 0) is 18.4 Å². The second-order valence-corrected chi connectivity index (χ2v) is 5.60. The van der Waals surface area contributed by atoms with Crippen molar-refractivity contribution in [3.8, 4) is 0 Å². The highest BCUT2D eigenvalue weighted by Crippen LogP contribution is 2.44. The number of halogens is 3. The number of rotatable bonds is 1. The molecule has 19 heavy (non-hydrogen) atoms. The Labute approximate surface area is 112 Å². The Kier molecular flexibility index (Phi) is 2.81. The summed E-state index contributed by atoms with van der Waals surface area (Å²) in [6, 6.07) is 3.48. The van der Waals surface area contributed by atoms with Crippen LogP contribution in [0.5, 0.6) is 0 Å². The summed E-state index contributed by atoms with van der Waals surface area (Å²) >= 11 is 1.46. The minimum Gasteiger partial charge on any atom is -0.363 e. The van der Waals surface area contributed by atoms with Crippen molar-refractivity contribution >= 4 is 17.2 Å². The zero-order valence-electron chi connectivity index (χ0n) is 10.1. The van der Waals surface area contributed by atoms with Gasteiger partial charge in [-0.25, -0.2) is 4.68 Å². The average Bonchev–Trinajstić information content (AvgIpc) is 2.92. The fourth-order valence-electron chi connectivity index (χ4n) is 2.37. The third-order valence-corrected chi connectivity index (χ3v) is 4.18. The first kappa shape index (κ1) is 12.5. The number of anilines is 1. The van der Waals surface area contributed by atoms with Crippen LogP contribution in [0.2, 0.25) is 0 Å². The normalized spacial score (nSPS) is 22.9. The van der Waals surface area contributed by atoms with Crippen molar-refractivity contribution in [1.29, 1.82) is 0 Å². The number of thiophene rings is 1. The lowest BCUT2D eigenvalue weighted by Gasteiger charge is -2.32. The molecule has 3 rings (SSSR count). The van der Waals surface area contributed by atoms with Gasteiger partial charge in [0.05, 0.1) is 11.7 Å². The van der Waals surface area contributed by atoms with Crippen LogP contribution in [0.3, 0.4) is 0 Å². The molecular formula is C12H12F3N3S. The number of aromatic nitrogens is 2. The molecule has 2 atom stereocenters. The van der Waals surface area contributed by atoms with E-state index in [-0.39, 0.29) is 12.5 Å². The summed E-state index contributed by atoms with van der Waals surface area (Å²) in [6.07, 6.45) is -4.32. The van der Waals surface area contributed by atoms with Crippen LogP contribution in [0.1, 0.15) is 29.1 Å². The minimum atomic E-state index is -4.29. The topological polar surface area (TPSA) is 29.9 Å². The average molecular weight is 287 g/mol. The molecule has 102 valence electrons. The van der Waals surface area contributed by atoms with Crippen molar-refractivity contribution in [2.24, 2.45) is 0 Å². The summed E-state index contributed by atoms with van der Waals surface area (Å²) in [5, 5.41) is 8.96. The van der Waals surface area contributed by atoms with E-state index in [1.807, 2.05) is 17.5 Å². The number of aryl methyl sites for hydroxylation is 1. The Bertz CT molecular complexity index is 574. The van der Waals surface area contributed by atoms with Crippen molar-refractivity contribution in [3.63, 3.8) is 0 Å². The van der Waals surface area contributed by atoms with Gasteiger partial charge in [-0.15, -0.1) is 11.3 Å². The largest absolute Gasteiger partial charge is 0.410 e. The van der Waals surface area contributed by atoms with Gasteiger partial charge in [0, 0.05) is 17.4 Å². The number of fused-ring (bicyclic) bond motifs is 1. The van der Waals surface area contributed by atoms with Crippen LogP contribution < -0.4 is 5.32 Å². The lowest BCUT2D eigenvalue weighted by Crippen LogP contribution is -2.35. The van der Waals surface area contributed by atoms with E-state index < -0.39 is 12.2 Å². The minimum absolute atomic E-state index is 0.0296. The Balaban J connectivity index is 2.01. The number of alkyl halides is 3. The molecule has 2 aromatic heterocycles. The predicted octanol–water partition coefficient (Wildman–Crippen LogP) is 3.91. The molecule has 3 heterocycles. The summed E-state index contributed by atoms with van der Waals surface area (Å²) < 4.78 is 40.5. The van der Waals surface area contributed by atoms with E-state index in [0.29, 0.717) is 11.5 Å². The maximum Gasteiger partial charge on any atom is 0.410 e. The molecule has 0 bridgehead atoms. The van der Waals surface area contributed by atoms with Crippen LogP contribution in [-0.4, -0.2) is 16.0 Å². The molecular weight excluding hydrogens is 275 g/mol. The molecule has 3 nitrogen and oxygen atoms in total. The standard InChI is InChI=1S/C12H12F3N3S/c1-7-5-11-16-8(9-3-2-4-19-9)6-10(12(13,14)15)18(11)17-7/h2-5,8,10,16H,6H2,1H3/t8-,10+/m0/s1. The van der Waals surface area contributed by atoms with E-state index in [4.69, 9.17) is 0 Å². The second-order valence-electron chi connectivity index (χ2n) is 4.62. The number of nitrogens with one attached hydrogen (secondary N) is 1. The molecule has 0 saturated carbocycles. The summed E-state index contributed by atoms with van der Waals surface area (Å²) in [4.78, 5) is 0.916. The Morgan fingerprint density at radius 3 is 2.89 bits per heavy atom. The number of nitrogens with zero attached hydrogens (tertiary/aromatic N) is 2. The van der Waals surface area contributed by atoms with Crippen LogP contribution in [0.4, 0.5) is 19.0 Å². The SMILES string of the molecule is Cc1cc2n(n1)[C@@H](C(F)(F)F)C[C@@H](c1cccs1)N2. The summed E-state index contributed by atoms with van der Waals surface area (Å²) in [5.41, 5.74) is 0.587. The van der Waals surface area contributed by atoms with Gasteiger partial charge in [-0.1, -0.05) is 6.07 Å². The maximum atomic E-state index is 13.2. The van der Waals surface area contributed by atoms with E-state index in [2.05, 4.69) is 10.4 Å². The van der Waals surface area contributed by atoms with Gasteiger partial charge >= 0.3 is 6.18 Å². The summed E-state index contributed by atoms with van der Waals surface area (Å²) in [7, 11) is 0. The maximum absolute atomic E-state index is 13.2. The van der Waals surface area contributed by atoms with Gasteiger partial charge in [0.1, 0.15) is 5.82 Å². The molecule has 2 aromatic rings. The van der Waals surface area contributed by atoms with Gasteiger partial charge in [0.25, 0.3) is 0 Å². The third kappa shape index (κ3) is 2.22. The van der Waals surface area contributed by atoms with Crippen molar-refractivity contribution in [2.75, 3.05) is 5.32 Å². The fraction of sp³-hybridized carbons (Fsp3) is 0.417. The van der Waals surface area contributed by atoms with E-state index in [1.165, 1.54) is 11.3 Å². The van der Waals surface area contributed by atoms with E-state index in [0.717, 1.165) is 9.56 Å². The predicted molar refractivity (Wildman–Crippen MR) is 67.4 cm³/mol. The molecule has 0 aromatic carbocycles. The molecule has 1 aliphatic heterocycles. The van der Waals surface area contributed by atoms with Crippen molar-refractivity contribution in [3.05, 3.63) is 34.2 Å². The Morgan fingerprint density at radius 1 is 1.47 bits per heavy atom. The zero-order chi connectivity index (χ0) is 13.6. The molecule has 0 spiro atoms. The van der Waals surface area contributed by atoms with Crippen molar-refractivity contribution < 1.29 is 13.2 Å². The third-order valence-electron chi connectivity index (χ3n) is 3.20. The molecule has 0 radical (unpaired) electrons. The molecule has 7 heteroatoms. The van der Waals surface area contributed by atoms with Gasteiger partial charge < -0.3 is 5.32 Å². The van der Waals surface area contributed by atoms with Gasteiger partial charge in [0.2, 0.25) is 0 Å². The van der Waals surface area contributed by atoms with E-state index in [9.17, 15) is 13.2 Å². The van der Waals surface area contributed by atoms with E-state index in [1.54, 1.807) is 13.0 Å². The summed E-state index contributed by atoms with van der Waals surface area (Å²) in [5.74, 6) is 0.435. The molecule has 0 amide bonds. The second kappa shape index (κ2) is 4.26. The summed E-state index contributed by atoms with van der Waals surface area (Å²) in [6.45, 7) is 1.70. The van der Waals surface area contributed by atoms with Crippen LogP contribution in [-0.2, 0) is 0 Å². The van der Waals surface area contributed by atoms with Crippen LogP contribution >= 0.6 is 11.3 Å². The van der Waals surface area contributed by atoms with Crippen molar-refractivity contribution in [2.45, 2.75) is 31.6 Å². The smallest absolute Gasteiger partial charge is 0.363 e. The highest BCUT2D eigenvalue weighted by atomic mass is 32.1. The van der Waals surface area contributed by atoms with Crippen LogP contribution in [0, 0.1) is 6.92 Å². The first-order valence-electron chi connectivity index (χ1n) is 5.88. The Hall–Kier alpha value is -1.50. The molecule has 0 aliphatic carbocycles. The molecule has 0 unspecified atom stereocenters. The number of hydrogen-bond donors (Lipinski definition) is 1. The highest BCUT2D eigenvalue weighted by Gasteiger charge is 2.46. The first-order chi connectivity index (χ1) is 8.95. The monoisotopic (exact) mass is 287 g/mol. The quantitative estimate of drug-likeness (QED) is 0.861. The van der Waals surface area contributed by atoms with Crippen LogP contribution in [0.25, 0.3) is 0 Å². The zero-order valence-corrected chi connectivity index (χ0v) is 10.9.